The molecule has 0 saturated heterocycles. The van der Waals surface area contributed by atoms with Crippen molar-refractivity contribution >= 4 is 12.6 Å². The van der Waals surface area contributed by atoms with Gasteiger partial charge in [0.05, 0.1) is 0 Å². The van der Waals surface area contributed by atoms with Crippen molar-refractivity contribution in [2.45, 2.75) is 32.6 Å². The van der Waals surface area contributed by atoms with E-state index in [1.165, 1.54) is 36.5 Å². The van der Waals surface area contributed by atoms with Gasteiger partial charge in [-0.1, -0.05) is 6.92 Å². The maximum atomic E-state index is 4.60. The van der Waals surface area contributed by atoms with Crippen molar-refractivity contribution in [2.24, 2.45) is 40.9 Å². The van der Waals surface area contributed by atoms with E-state index in [4.69, 9.17) is 0 Å². The van der Waals surface area contributed by atoms with E-state index < -0.39 is 0 Å². The molecule has 0 radical (unpaired) electrons. The molecule has 0 aromatic heterocycles. The summed E-state index contributed by atoms with van der Waals surface area (Å²) < 4.78 is 0. The fourth-order valence-electron chi connectivity index (χ4n) is 5.62. The van der Waals surface area contributed by atoms with Crippen LogP contribution in [0.15, 0.2) is 0 Å². The van der Waals surface area contributed by atoms with E-state index in [9.17, 15) is 0 Å². The summed E-state index contributed by atoms with van der Waals surface area (Å²) in [6, 6.07) is 0. The molecule has 0 heterocycles. The molecule has 0 N–H and O–H groups in total. The van der Waals surface area contributed by atoms with E-state index in [-0.39, 0.29) is 0 Å². The van der Waals surface area contributed by atoms with E-state index in [2.05, 4.69) is 19.6 Å². The molecular formula is C13H20S. The maximum Gasteiger partial charge on any atom is -0.00409 e. The van der Waals surface area contributed by atoms with Crippen LogP contribution in [0.1, 0.15) is 32.6 Å². The number of rotatable bonds is 1. The van der Waals surface area contributed by atoms with Crippen LogP contribution < -0.4 is 0 Å². The predicted molar refractivity (Wildman–Crippen MR) is 61.4 cm³/mol. The Morgan fingerprint density at radius 3 is 2.43 bits per heavy atom. The van der Waals surface area contributed by atoms with Crippen LogP contribution in [0.4, 0.5) is 0 Å². The summed E-state index contributed by atoms with van der Waals surface area (Å²) in [6.45, 7) is 2.51. The molecule has 7 unspecified atom stereocenters. The Kier molecular flexibility index (Phi) is 1.43. The Labute approximate surface area is 92.3 Å². The van der Waals surface area contributed by atoms with Crippen molar-refractivity contribution in [3.05, 3.63) is 0 Å². The Morgan fingerprint density at radius 1 is 1.07 bits per heavy atom. The van der Waals surface area contributed by atoms with Gasteiger partial charge in [-0.25, -0.2) is 0 Å². The van der Waals surface area contributed by atoms with Gasteiger partial charge >= 0.3 is 0 Å². The molecule has 1 heteroatoms. The molecule has 4 rings (SSSR count). The van der Waals surface area contributed by atoms with Gasteiger partial charge in [0.25, 0.3) is 0 Å². The molecule has 0 amide bonds. The minimum absolute atomic E-state index is 0.621. The van der Waals surface area contributed by atoms with E-state index in [0.29, 0.717) is 5.41 Å². The average molecular weight is 208 g/mol. The van der Waals surface area contributed by atoms with Gasteiger partial charge in [-0.15, -0.1) is 0 Å². The first-order chi connectivity index (χ1) is 6.76. The summed E-state index contributed by atoms with van der Waals surface area (Å²) in [6.07, 6.45) is 6.15. The maximum absolute atomic E-state index is 4.60. The second-order valence-corrected chi connectivity index (χ2v) is 6.92. The second kappa shape index (κ2) is 2.36. The van der Waals surface area contributed by atoms with Crippen LogP contribution in [0.2, 0.25) is 0 Å². The molecule has 7 atom stereocenters. The number of thiol groups is 1. The summed E-state index contributed by atoms with van der Waals surface area (Å²) in [5.41, 5.74) is 0.621. The van der Waals surface area contributed by atoms with Crippen molar-refractivity contribution in [3.8, 4) is 0 Å². The third-order valence-electron chi connectivity index (χ3n) is 6.40. The standard InChI is InChI=1S/C13H20S/c1-13(6-14)5-4-9-10-7-2-3-8(7)11(10)12(9)13/h7-12,14H,2-6H2,1H3. The summed E-state index contributed by atoms with van der Waals surface area (Å²) in [4.78, 5) is 0. The van der Waals surface area contributed by atoms with Crippen molar-refractivity contribution in [2.75, 3.05) is 5.75 Å². The molecule has 0 aromatic rings. The lowest BCUT2D eigenvalue weighted by molar-refractivity contribution is -0.256. The van der Waals surface area contributed by atoms with Gasteiger partial charge in [0, 0.05) is 0 Å². The van der Waals surface area contributed by atoms with Gasteiger partial charge in [-0.05, 0) is 72.4 Å². The highest BCUT2D eigenvalue weighted by Crippen LogP contribution is 2.78. The molecule has 0 aliphatic heterocycles. The molecule has 4 saturated carbocycles. The van der Waals surface area contributed by atoms with Gasteiger partial charge in [0.15, 0.2) is 0 Å². The van der Waals surface area contributed by atoms with Gasteiger partial charge in [0.1, 0.15) is 0 Å². The van der Waals surface area contributed by atoms with Crippen LogP contribution in [0.5, 0.6) is 0 Å². The Bertz CT molecular complexity index is 287. The van der Waals surface area contributed by atoms with Crippen LogP contribution in [-0.4, -0.2) is 5.75 Å². The highest BCUT2D eigenvalue weighted by Gasteiger charge is 2.72. The van der Waals surface area contributed by atoms with Gasteiger partial charge in [-0.3, -0.25) is 0 Å². The Balaban J connectivity index is 1.64. The molecule has 4 aliphatic carbocycles. The van der Waals surface area contributed by atoms with E-state index in [0.717, 1.165) is 17.6 Å². The predicted octanol–water partition coefficient (Wildman–Crippen LogP) is 3.23. The van der Waals surface area contributed by atoms with E-state index >= 15 is 0 Å². The molecule has 14 heavy (non-hydrogen) atoms. The lowest BCUT2D eigenvalue weighted by atomic mass is 9.31. The van der Waals surface area contributed by atoms with Crippen LogP contribution in [0.3, 0.4) is 0 Å². The molecule has 0 aromatic carbocycles. The molecule has 0 bridgehead atoms. The number of fused-ring (bicyclic) bond motifs is 7. The van der Waals surface area contributed by atoms with Crippen LogP contribution >= 0.6 is 12.6 Å². The summed E-state index contributed by atoms with van der Waals surface area (Å²) >= 11 is 4.60. The monoisotopic (exact) mass is 208 g/mol. The lowest BCUT2D eigenvalue weighted by Gasteiger charge is -2.73. The number of hydrogen-bond acceptors (Lipinski definition) is 1. The molecule has 0 spiro atoms. The fraction of sp³-hybridized carbons (Fsp3) is 1.00. The van der Waals surface area contributed by atoms with Crippen molar-refractivity contribution in [1.82, 2.24) is 0 Å². The minimum atomic E-state index is 0.621. The Hall–Kier alpha value is 0.350. The second-order valence-electron chi connectivity index (χ2n) is 6.60. The first-order valence-electron chi connectivity index (χ1n) is 6.37. The SMILES string of the molecule is CC1(CS)CCC2C3C4CCC4C3C21. The topological polar surface area (TPSA) is 0 Å². The molecule has 4 fully saturated rings. The summed E-state index contributed by atoms with van der Waals surface area (Å²) in [7, 11) is 0. The van der Waals surface area contributed by atoms with Crippen LogP contribution in [0, 0.1) is 40.9 Å². The van der Waals surface area contributed by atoms with Gasteiger partial charge in [-0.2, -0.15) is 12.6 Å². The third kappa shape index (κ3) is 0.681. The van der Waals surface area contributed by atoms with Gasteiger partial charge in [0.2, 0.25) is 0 Å². The van der Waals surface area contributed by atoms with Crippen LogP contribution in [0.25, 0.3) is 0 Å². The van der Waals surface area contributed by atoms with Crippen LogP contribution in [-0.2, 0) is 0 Å². The minimum Gasteiger partial charge on any atom is -0.179 e. The van der Waals surface area contributed by atoms with Crippen molar-refractivity contribution in [3.63, 3.8) is 0 Å². The first-order valence-corrected chi connectivity index (χ1v) is 7.00. The summed E-state index contributed by atoms with van der Waals surface area (Å²) in [5.74, 6) is 8.10. The molecule has 78 valence electrons. The third-order valence-corrected chi connectivity index (χ3v) is 7.12. The normalized spacial score (nSPS) is 68.1. The fourth-order valence-corrected chi connectivity index (χ4v) is 5.99. The zero-order valence-corrected chi connectivity index (χ0v) is 9.84. The van der Waals surface area contributed by atoms with E-state index in [1.807, 2.05) is 0 Å². The molecular weight excluding hydrogens is 188 g/mol. The highest BCUT2D eigenvalue weighted by molar-refractivity contribution is 7.80. The zero-order valence-electron chi connectivity index (χ0n) is 8.95. The van der Waals surface area contributed by atoms with Crippen molar-refractivity contribution < 1.29 is 0 Å². The largest absolute Gasteiger partial charge is 0.179 e. The summed E-state index contributed by atoms with van der Waals surface area (Å²) in [5, 5.41) is 0. The molecule has 4 aliphatic rings. The van der Waals surface area contributed by atoms with Gasteiger partial charge < -0.3 is 0 Å². The number of hydrogen-bond donors (Lipinski definition) is 1. The van der Waals surface area contributed by atoms with Crippen molar-refractivity contribution in [1.29, 1.82) is 0 Å². The quantitative estimate of drug-likeness (QED) is 0.628. The lowest BCUT2D eigenvalue weighted by Crippen LogP contribution is -2.69. The molecule has 0 nitrogen and oxygen atoms in total. The van der Waals surface area contributed by atoms with E-state index in [1.54, 1.807) is 12.8 Å². The Morgan fingerprint density at radius 2 is 1.79 bits per heavy atom. The average Bonchev–Trinajstić information content (AvgIpc) is 2.43. The smallest absolute Gasteiger partial charge is 0.00409 e. The first kappa shape index (κ1) is 8.50. The zero-order chi connectivity index (χ0) is 9.50. The highest BCUT2D eigenvalue weighted by atomic mass is 32.1.